The molecule has 1 aromatic carbocycles. The normalized spacial score (nSPS) is 16.6. The van der Waals surface area contributed by atoms with Gasteiger partial charge >= 0.3 is 0 Å². The van der Waals surface area contributed by atoms with Gasteiger partial charge in [-0.3, -0.25) is 9.48 Å². The molecule has 3 rings (SSSR count). The van der Waals surface area contributed by atoms with Gasteiger partial charge in [0.15, 0.2) is 0 Å². The molecule has 1 aromatic heterocycles. The second kappa shape index (κ2) is 7.13. The molecule has 0 aliphatic carbocycles. The van der Waals surface area contributed by atoms with Crippen LogP contribution in [0.3, 0.4) is 0 Å². The second-order valence-electron chi connectivity index (χ2n) is 5.17. The van der Waals surface area contributed by atoms with Gasteiger partial charge in [-0.05, 0) is 44.1 Å². The quantitative estimate of drug-likeness (QED) is 0.902. The third-order valence-electron chi connectivity index (χ3n) is 3.92. The number of nitrogens with one attached hydrogen (secondary N) is 2. The van der Waals surface area contributed by atoms with E-state index in [0.717, 1.165) is 13.1 Å². The summed E-state index contributed by atoms with van der Waals surface area (Å²) in [6.07, 6.45) is 4.94. The summed E-state index contributed by atoms with van der Waals surface area (Å²) in [5.74, 6) is -0.0687. The Hall–Kier alpha value is -1.56. The van der Waals surface area contributed by atoms with E-state index in [1.807, 2.05) is 24.4 Å². The van der Waals surface area contributed by atoms with Gasteiger partial charge in [-0.25, -0.2) is 0 Å². The number of hydrogen-bond acceptors (Lipinski definition) is 3. The smallest absolute Gasteiger partial charge is 0.252 e. The van der Waals surface area contributed by atoms with E-state index in [-0.39, 0.29) is 18.3 Å². The summed E-state index contributed by atoms with van der Waals surface area (Å²) in [5.41, 5.74) is -0.0253. The van der Waals surface area contributed by atoms with E-state index in [4.69, 9.17) is 11.6 Å². The predicted molar refractivity (Wildman–Crippen MR) is 89.6 cm³/mol. The van der Waals surface area contributed by atoms with Crippen molar-refractivity contribution in [3.63, 3.8) is 0 Å². The number of anilines is 1. The molecule has 7 heteroatoms. The number of rotatable bonds is 3. The SMILES string of the molecule is Cl.O=C(Nc1ccccc1Cl)C1(n2cccn2)CCNCC1. The lowest BCUT2D eigenvalue weighted by atomic mass is 9.87. The molecule has 1 aliphatic heterocycles. The fourth-order valence-electron chi connectivity index (χ4n) is 2.72. The van der Waals surface area contributed by atoms with Crippen molar-refractivity contribution in [2.45, 2.75) is 18.4 Å². The van der Waals surface area contributed by atoms with E-state index in [9.17, 15) is 4.79 Å². The van der Waals surface area contributed by atoms with Crippen LogP contribution in [0, 0.1) is 0 Å². The standard InChI is InChI=1S/C15H17ClN4O.ClH/c16-12-4-1-2-5-13(12)19-14(21)15(6-9-17-10-7-15)20-11-3-8-18-20;/h1-5,8,11,17H,6-7,9-10H2,(H,19,21);1H. The van der Waals surface area contributed by atoms with E-state index in [1.54, 1.807) is 23.0 Å². The molecule has 1 fully saturated rings. The summed E-state index contributed by atoms with van der Waals surface area (Å²) >= 11 is 6.13. The molecular formula is C15H18Cl2N4O. The highest BCUT2D eigenvalue weighted by molar-refractivity contribution is 6.33. The summed E-state index contributed by atoms with van der Waals surface area (Å²) in [5, 5.41) is 11.1. The highest BCUT2D eigenvalue weighted by Crippen LogP contribution is 2.30. The molecule has 118 valence electrons. The first-order valence-corrected chi connectivity index (χ1v) is 7.37. The van der Waals surface area contributed by atoms with Crippen LogP contribution in [0.25, 0.3) is 0 Å². The molecule has 1 saturated heterocycles. The molecule has 0 atom stereocenters. The highest BCUT2D eigenvalue weighted by atomic mass is 35.5. The van der Waals surface area contributed by atoms with Crippen molar-refractivity contribution in [2.75, 3.05) is 18.4 Å². The Morgan fingerprint density at radius 2 is 2.00 bits per heavy atom. The van der Waals surface area contributed by atoms with E-state index in [2.05, 4.69) is 15.7 Å². The van der Waals surface area contributed by atoms with Crippen LogP contribution in [-0.2, 0) is 10.3 Å². The van der Waals surface area contributed by atoms with Gasteiger partial charge in [-0.2, -0.15) is 5.10 Å². The zero-order valence-corrected chi connectivity index (χ0v) is 13.5. The third-order valence-corrected chi connectivity index (χ3v) is 4.25. The second-order valence-corrected chi connectivity index (χ2v) is 5.57. The Bertz CT molecular complexity index is 624. The first-order valence-electron chi connectivity index (χ1n) is 6.99. The molecule has 0 radical (unpaired) electrons. The minimum absolute atomic E-state index is 0. The van der Waals surface area contributed by atoms with Gasteiger partial charge in [0.1, 0.15) is 5.54 Å². The van der Waals surface area contributed by atoms with Gasteiger partial charge in [-0.1, -0.05) is 23.7 Å². The first kappa shape index (κ1) is 16.8. The highest BCUT2D eigenvalue weighted by Gasteiger charge is 2.42. The summed E-state index contributed by atoms with van der Waals surface area (Å²) in [6.45, 7) is 1.58. The lowest BCUT2D eigenvalue weighted by Crippen LogP contribution is -2.52. The van der Waals surface area contributed by atoms with Crippen LogP contribution in [0.1, 0.15) is 12.8 Å². The summed E-state index contributed by atoms with van der Waals surface area (Å²) in [7, 11) is 0. The van der Waals surface area contributed by atoms with Crippen molar-refractivity contribution >= 4 is 35.6 Å². The number of para-hydroxylation sites is 1. The predicted octanol–water partition coefficient (Wildman–Crippen LogP) is 2.68. The number of aromatic nitrogens is 2. The molecule has 0 spiro atoms. The minimum Gasteiger partial charge on any atom is -0.323 e. The average Bonchev–Trinajstić information content (AvgIpc) is 3.05. The van der Waals surface area contributed by atoms with Gasteiger partial charge in [0.2, 0.25) is 0 Å². The summed E-state index contributed by atoms with van der Waals surface area (Å²) in [4.78, 5) is 12.9. The molecule has 1 amide bonds. The van der Waals surface area contributed by atoms with E-state index in [0.29, 0.717) is 23.6 Å². The average molecular weight is 341 g/mol. The maximum absolute atomic E-state index is 12.9. The minimum atomic E-state index is -0.659. The zero-order valence-electron chi connectivity index (χ0n) is 12.0. The number of piperidine rings is 1. The molecule has 2 heterocycles. The number of carbonyl (C=O) groups is 1. The largest absolute Gasteiger partial charge is 0.323 e. The maximum Gasteiger partial charge on any atom is 0.252 e. The molecular weight excluding hydrogens is 323 g/mol. The van der Waals surface area contributed by atoms with Crippen LogP contribution in [0.15, 0.2) is 42.7 Å². The topological polar surface area (TPSA) is 59.0 Å². The van der Waals surface area contributed by atoms with Crippen LogP contribution in [0.4, 0.5) is 5.69 Å². The van der Waals surface area contributed by atoms with Crippen LogP contribution in [0.5, 0.6) is 0 Å². The van der Waals surface area contributed by atoms with E-state index in [1.165, 1.54) is 0 Å². The fraction of sp³-hybridized carbons (Fsp3) is 0.333. The van der Waals surface area contributed by atoms with E-state index < -0.39 is 5.54 Å². The molecule has 0 unspecified atom stereocenters. The fourth-order valence-corrected chi connectivity index (χ4v) is 2.91. The third kappa shape index (κ3) is 3.11. The number of amides is 1. The molecule has 1 aliphatic rings. The Kier molecular flexibility index (Phi) is 5.45. The number of hydrogen-bond donors (Lipinski definition) is 2. The number of nitrogens with zero attached hydrogens (tertiary/aromatic N) is 2. The lowest BCUT2D eigenvalue weighted by Gasteiger charge is -2.36. The Balaban J connectivity index is 0.00000176. The Morgan fingerprint density at radius 1 is 1.27 bits per heavy atom. The Labute approximate surface area is 140 Å². The van der Waals surface area contributed by atoms with Crippen LogP contribution < -0.4 is 10.6 Å². The Morgan fingerprint density at radius 3 is 2.64 bits per heavy atom. The van der Waals surface area contributed by atoms with Crippen molar-refractivity contribution in [2.24, 2.45) is 0 Å². The number of benzene rings is 1. The van der Waals surface area contributed by atoms with Gasteiger partial charge in [0.25, 0.3) is 5.91 Å². The summed E-state index contributed by atoms with van der Waals surface area (Å²) in [6, 6.07) is 9.10. The molecule has 2 N–H and O–H groups in total. The van der Waals surface area contributed by atoms with Crippen LogP contribution >= 0.6 is 24.0 Å². The van der Waals surface area contributed by atoms with Crippen molar-refractivity contribution < 1.29 is 4.79 Å². The van der Waals surface area contributed by atoms with Crippen molar-refractivity contribution in [3.8, 4) is 0 Å². The molecule has 0 bridgehead atoms. The maximum atomic E-state index is 12.9. The van der Waals surface area contributed by atoms with E-state index >= 15 is 0 Å². The van der Waals surface area contributed by atoms with Gasteiger partial charge in [-0.15, -0.1) is 12.4 Å². The summed E-state index contributed by atoms with van der Waals surface area (Å²) < 4.78 is 1.76. The lowest BCUT2D eigenvalue weighted by molar-refractivity contribution is -0.126. The van der Waals surface area contributed by atoms with Crippen LogP contribution in [0.2, 0.25) is 5.02 Å². The number of carbonyl (C=O) groups excluding carboxylic acids is 1. The number of halogens is 2. The molecule has 22 heavy (non-hydrogen) atoms. The molecule has 0 saturated carbocycles. The van der Waals surface area contributed by atoms with Crippen molar-refractivity contribution in [1.29, 1.82) is 0 Å². The van der Waals surface area contributed by atoms with Gasteiger partial charge in [0, 0.05) is 12.4 Å². The molecule has 2 aromatic rings. The van der Waals surface area contributed by atoms with Crippen LogP contribution in [-0.4, -0.2) is 28.8 Å². The van der Waals surface area contributed by atoms with Crippen molar-refractivity contribution in [1.82, 2.24) is 15.1 Å². The van der Waals surface area contributed by atoms with Gasteiger partial charge in [0.05, 0.1) is 10.7 Å². The van der Waals surface area contributed by atoms with Crippen molar-refractivity contribution in [3.05, 3.63) is 47.7 Å². The zero-order chi connectivity index (χ0) is 14.7. The van der Waals surface area contributed by atoms with Gasteiger partial charge < -0.3 is 10.6 Å². The molecule has 5 nitrogen and oxygen atoms in total. The monoisotopic (exact) mass is 340 g/mol. The first-order chi connectivity index (χ1) is 10.2.